The van der Waals surface area contributed by atoms with Crippen molar-refractivity contribution in [3.63, 3.8) is 0 Å². The van der Waals surface area contributed by atoms with Crippen LogP contribution in [-0.4, -0.2) is 24.6 Å². The summed E-state index contributed by atoms with van der Waals surface area (Å²) in [4.78, 5) is 6.78. The molecular weight excluding hydrogens is 210 g/mol. The largest absolute Gasteiger partial charge is 0.355 e. The van der Waals surface area contributed by atoms with Crippen molar-refractivity contribution >= 4 is 16.6 Å². The molecule has 0 radical (unpaired) electrons. The first-order valence-corrected chi connectivity index (χ1v) is 6.15. The number of hydrogen-bond donors (Lipinski definition) is 1. The molecule has 0 aliphatic carbocycles. The number of benzene rings is 1. The zero-order valence-electron chi connectivity index (χ0n) is 10.3. The van der Waals surface area contributed by atoms with E-state index in [-0.39, 0.29) is 0 Å². The van der Waals surface area contributed by atoms with Gasteiger partial charge in [-0.05, 0) is 17.9 Å². The Morgan fingerprint density at radius 1 is 1.18 bits per heavy atom. The van der Waals surface area contributed by atoms with Crippen molar-refractivity contribution in [2.45, 2.75) is 13.3 Å². The first-order valence-electron chi connectivity index (χ1n) is 6.15. The van der Waals surface area contributed by atoms with Gasteiger partial charge in [0.15, 0.2) is 0 Å². The Kier molecular flexibility index (Phi) is 3.94. The second-order valence-corrected chi connectivity index (χ2v) is 4.13. The molecule has 90 valence electrons. The second-order valence-electron chi connectivity index (χ2n) is 4.13. The number of aromatic nitrogens is 1. The van der Waals surface area contributed by atoms with E-state index in [1.807, 2.05) is 12.3 Å². The average molecular weight is 229 g/mol. The third-order valence-corrected chi connectivity index (χ3v) is 2.84. The first-order chi connectivity index (χ1) is 8.36. The molecule has 0 saturated heterocycles. The van der Waals surface area contributed by atoms with E-state index < -0.39 is 0 Å². The molecule has 0 fully saturated rings. The highest BCUT2D eigenvalue weighted by molar-refractivity contribution is 5.92. The topological polar surface area (TPSA) is 42.1 Å². The lowest BCUT2D eigenvalue weighted by Gasteiger charge is -2.23. The Hall–Kier alpha value is -1.61. The van der Waals surface area contributed by atoms with E-state index in [2.05, 4.69) is 41.1 Å². The SMILES string of the molecule is CCCN(CCN)c1nccc2ccccc12. The number of anilines is 1. The van der Waals surface area contributed by atoms with Crippen LogP contribution in [-0.2, 0) is 0 Å². The second kappa shape index (κ2) is 5.64. The molecule has 1 heterocycles. The van der Waals surface area contributed by atoms with Gasteiger partial charge in [0.05, 0.1) is 0 Å². The lowest BCUT2D eigenvalue weighted by Crippen LogP contribution is -2.30. The summed E-state index contributed by atoms with van der Waals surface area (Å²) >= 11 is 0. The standard InChI is InChI=1S/C14H19N3/c1-2-10-17(11-8-15)14-13-6-4-3-5-12(13)7-9-16-14/h3-7,9H,2,8,10-11,15H2,1H3. The van der Waals surface area contributed by atoms with Gasteiger partial charge in [0.25, 0.3) is 0 Å². The van der Waals surface area contributed by atoms with Gasteiger partial charge >= 0.3 is 0 Å². The molecule has 0 aliphatic heterocycles. The van der Waals surface area contributed by atoms with Crippen LogP contribution >= 0.6 is 0 Å². The van der Waals surface area contributed by atoms with Crippen molar-refractivity contribution in [2.24, 2.45) is 5.73 Å². The zero-order valence-corrected chi connectivity index (χ0v) is 10.3. The Morgan fingerprint density at radius 2 is 2.00 bits per heavy atom. The van der Waals surface area contributed by atoms with Crippen LogP contribution in [0.25, 0.3) is 10.8 Å². The number of fused-ring (bicyclic) bond motifs is 1. The van der Waals surface area contributed by atoms with Crippen LogP contribution in [0.2, 0.25) is 0 Å². The van der Waals surface area contributed by atoms with E-state index in [9.17, 15) is 0 Å². The molecule has 0 bridgehead atoms. The molecule has 3 nitrogen and oxygen atoms in total. The summed E-state index contributed by atoms with van der Waals surface area (Å²) in [5.74, 6) is 1.05. The predicted octanol–water partition coefficient (Wildman–Crippen LogP) is 2.41. The zero-order chi connectivity index (χ0) is 12.1. The minimum absolute atomic E-state index is 0.658. The van der Waals surface area contributed by atoms with Gasteiger partial charge in [-0.3, -0.25) is 0 Å². The Balaban J connectivity index is 2.44. The number of nitrogens with zero attached hydrogens (tertiary/aromatic N) is 2. The fourth-order valence-corrected chi connectivity index (χ4v) is 2.11. The highest BCUT2D eigenvalue weighted by Gasteiger charge is 2.09. The first kappa shape index (κ1) is 11.9. The maximum Gasteiger partial charge on any atom is 0.136 e. The summed E-state index contributed by atoms with van der Waals surface area (Å²) < 4.78 is 0. The van der Waals surface area contributed by atoms with Crippen molar-refractivity contribution < 1.29 is 0 Å². The number of hydrogen-bond acceptors (Lipinski definition) is 3. The molecule has 1 aromatic heterocycles. The smallest absolute Gasteiger partial charge is 0.136 e. The number of nitrogens with two attached hydrogens (primary N) is 1. The van der Waals surface area contributed by atoms with E-state index in [4.69, 9.17) is 5.73 Å². The van der Waals surface area contributed by atoms with Crippen LogP contribution < -0.4 is 10.6 Å². The van der Waals surface area contributed by atoms with E-state index in [1.54, 1.807) is 0 Å². The third-order valence-electron chi connectivity index (χ3n) is 2.84. The number of pyridine rings is 1. The minimum Gasteiger partial charge on any atom is -0.355 e. The number of rotatable bonds is 5. The molecule has 2 N–H and O–H groups in total. The maximum atomic E-state index is 5.67. The molecule has 0 unspecified atom stereocenters. The van der Waals surface area contributed by atoms with Crippen LogP contribution in [0.4, 0.5) is 5.82 Å². The molecule has 17 heavy (non-hydrogen) atoms. The summed E-state index contributed by atoms with van der Waals surface area (Å²) in [6.45, 7) is 4.69. The normalized spacial score (nSPS) is 10.7. The van der Waals surface area contributed by atoms with E-state index in [0.717, 1.165) is 25.3 Å². The monoisotopic (exact) mass is 229 g/mol. The molecule has 0 atom stereocenters. The Morgan fingerprint density at radius 3 is 2.76 bits per heavy atom. The van der Waals surface area contributed by atoms with Gasteiger partial charge < -0.3 is 10.6 Å². The molecule has 0 spiro atoms. The summed E-state index contributed by atoms with van der Waals surface area (Å²) in [6, 6.07) is 10.4. The maximum absolute atomic E-state index is 5.67. The van der Waals surface area contributed by atoms with Crippen LogP contribution in [0.15, 0.2) is 36.5 Å². The average Bonchev–Trinajstić information content (AvgIpc) is 2.38. The fourth-order valence-electron chi connectivity index (χ4n) is 2.11. The van der Waals surface area contributed by atoms with Gasteiger partial charge in [-0.2, -0.15) is 0 Å². The van der Waals surface area contributed by atoms with Crippen molar-refractivity contribution in [3.8, 4) is 0 Å². The van der Waals surface area contributed by atoms with Crippen LogP contribution in [0.1, 0.15) is 13.3 Å². The molecule has 2 aromatic rings. The molecule has 0 amide bonds. The third kappa shape index (κ3) is 2.56. The van der Waals surface area contributed by atoms with E-state index in [0.29, 0.717) is 6.54 Å². The van der Waals surface area contributed by atoms with Gasteiger partial charge in [0.2, 0.25) is 0 Å². The van der Waals surface area contributed by atoms with Gasteiger partial charge in [-0.25, -0.2) is 4.98 Å². The summed E-state index contributed by atoms with van der Waals surface area (Å²) in [7, 11) is 0. The molecule has 3 heteroatoms. The molecule has 2 rings (SSSR count). The van der Waals surface area contributed by atoms with Crippen molar-refractivity contribution in [1.29, 1.82) is 0 Å². The Labute approximate surface area is 102 Å². The van der Waals surface area contributed by atoms with Crippen LogP contribution in [0, 0.1) is 0 Å². The fraction of sp³-hybridized carbons (Fsp3) is 0.357. The summed E-state index contributed by atoms with van der Waals surface area (Å²) in [6.07, 6.45) is 2.97. The lowest BCUT2D eigenvalue weighted by atomic mass is 10.1. The summed E-state index contributed by atoms with van der Waals surface area (Å²) in [5, 5.41) is 2.44. The quantitative estimate of drug-likeness (QED) is 0.856. The van der Waals surface area contributed by atoms with E-state index >= 15 is 0 Å². The highest BCUT2D eigenvalue weighted by Crippen LogP contribution is 2.23. The van der Waals surface area contributed by atoms with Gasteiger partial charge in [-0.15, -0.1) is 0 Å². The molecule has 0 aliphatic rings. The van der Waals surface area contributed by atoms with E-state index in [1.165, 1.54) is 10.8 Å². The molecular formula is C14H19N3. The Bertz CT molecular complexity index is 470. The predicted molar refractivity (Wildman–Crippen MR) is 73.3 cm³/mol. The molecule has 0 saturated carbocycles. The van der Waals surface area contributed by atoms with Crippen molar-refractivity contribution in [1.82, 2.24) is 4.98 Å². The van der Waals surface area contributed by atoms with Gasteiger partial charge in [0, 0.05) is 31.2 Å². The van der Waals surface area contributed by atoms with Gasteiger partial charge in [0.1, 0.15) is 5.82 Å². The lowest BCUT2D eigenvalue weighted by molar-refractivity contribution is 0.754. The van der Waals surface area contributed by atoms with Crippen LogP contribution in [0.3, 0.4) is 0 Å². The van der Waals surface area contributed by atoms with Gasteiger partial charge in [-0.1, -0.05) is 31.2 Å². The minimum atomic E-state index is 0.658. The highest BCUT2D eigenvalue weighted by atomic mass is 15.2. The van der Waals surface area contributed by atoms with Crippen LogP contribution in [0.5, 0.6) is 0 Å². The molecule has 1 aromatic carbocycles. The summed E-state index contributed by atoms with van der Waals surface area (Å²) in [5.41, 5.74) is 5.67. The van der Waals surface area contributed by atoms with Crippen molar-refractivity contribution in [2.75, 3.05) is 24.5 Å². The van der Waals surface area contributed by atoms with Crippen molar-refractivity contribution in [3.05, 3.63) is 36.5 Å².